The van der Waals surface area contributed by atoms with Crippen LogP contribution in [0.5, 0.6) is 0 Å². The van der Waals surface area contributed by atoms with Crippen molar-refractivity contribution in [1.82, 2.24) is 4.90 Å². The molecule has 0 bridgehead atoms. The molecule has 0 aromatic carbocycles. The smallest absolute Gasteiger partial charge is 0.308 e. The lowest BCUT2D eigenvalue weighted by molar-refractivity contribution is -0.141. The fraction of sp³-hybridized carbons (Fsp3) is 0.667. The Kier molecular flexibility index (Phi) is 4.43. The van der Waals surface area contributed by atoms with Crippen LogP contribution in [0.4, 0.5) is 0 Å². The van der Waals surface area contributed by atoms with E-state index < -0.39 is 11.9 Å². The summed E-state index contributed by atoms with van der Waals surface area (Å²) in [5, 5.41) is 17.0. The number of thioether (sulfide) groups is 1. The Bertz CT molecular complexity index is 300. The molecule has 1 aliphatic heterocycles. The Morgan fingerprint density at radius 1 is 1.60 bits per heavy atom. The summed E-state index contributed by atoms with van der Waals surface area (Å²) < 4.78 is 0. The average molecular weight is 228 g/mol. The van der Waals surface area contributed by atoms with E-state index in [2.05, 4.69) is 0 Å². The molecule has 1 atom stereocenters. The van der Waals surface area contributed by atoms with Crippen molar-refractivity contribution in [2.24, 2.45) is 5.92 Å². The molecule has 15 heavy (non-hydrogen) atoms. The van der Waals surface area contributed by atoms with Crippen LogP contribution in [0.1, 0.15) is 6.42 Å². The summed E-state index contributed by atoms with van der Waals surface area (Å²) in [7, 11) is 0. The lowest BCUT2D eigenvalue weighted by Gasteiger charge is -2.14. The zero-order chi connectivity index (χ0) is 11.3. The molecule has 1 N–H and O–H groups in total. The fourth-order valence-corrected chi connectivity index (χ4v) is 2.01. The van der Waals surface area contributed by atoms with Crippen LogP contribution in [0.3, 0.4) is 0 Å². The first kappa shape index (κ1) is 11.9. The van der Waals surface area contributed by atoms with Crippen LogP contribution in [0.25, 0.3) is 0 Å². The number of amides is 1. The maximum absolute atomic E-state index is 11.5. The van der Waals surface area contributed by atoms with Crippen molar-refractivity contribution < 1.29 is 14.7 Å². The van der Waals surface area contributed by atoms with Crippen molar-refractivity contribution in [3.05, 3.63) is 0 Å². The minimum Gasteiger partial charge on any atom is -0.481 e. The van der Waals surface area contributed by atoms with Gasteiger partial charge in [-0.05, 0) is 6.42 Å². The van der Waals surface area contributed by atoms with Gasteiger partial charge in [0.2, 0.25) is 5.91 Å². The molecule has 1 unspecified atom stereocenters. The summed E-state index contributed by atoms with van der Waals surface area (Å²) in [6.07, 6.45) is 0.532. The number of hydrogen-bond donors (Lipinski definition) is 1. The van der Waals surface area contributed by atoms with Gasteiger partial charge in [-0.15, -0.1) is 11.8 Å². The highest BCUT2D eigenvalue weighted by Gasteiger charge is 2.30. The first-order valence-corrected chi connectivity index (χ1v) is 5.76. The summed E-state index contributed by atoms with van der Waals surface area (Å²) in [4.78, 5) is 23.7. The number of carboxylic acids is 1. The van der Waals surface area contributed by atoms with Crippen LogP contribution in [0.15, 0.2) is 0 Å². The van der Waals surface area contributed by atoms with Crippen LogP contribution < -0.4 is 0 Å². The second kappa shape index (κ2) is 5.61. The standard InChI is InChI=1S/C9H12N2O3S/c10-2-4-15-6-8(12)11-3-1-7(5-11)9(13)14/h7H,1,3-6H2,(H,13,14). The van der Waals surface area contributed by atoms with Gasteiger partial charge in [0.15, 0.2) is 0 Å². The predicted molar refractivity (Wildman–Crippen MR) is 55.3 cm³/mol. The van der Waals surface area contributed by atoms with E-state index in [1.54, 1.807) is 4.90 Å². The molecule has 1 amide bonds. The van der Waals surface area contributed by atoms with E-state index in [0.717, 1.165) is 0 Å². The van der Waals surface area contributed by atoms with Gasteiger partial charge in [-0.25, -0.2) is 0 Å². The molecule has 0 aliphatic carbocycles. The number of rotatable bonds is 4. The minimum absolute atomic E-state index is 0.0704. The van der Waals surface area contributed by atoms with Gasteiger partial charge in [-0.1, -0.05) is 0 Å². The Balaban J connectivity index is 2.31. The van der Waals surface area contributed by atoms with Gasteiger partial charge in [0, 0.05) is 13.1 Å². The lowest BCUT2D eigenvalue weighted by Crippen LogP contribution is -2.31. The molecule has 0 radical (unpaired) electrons. The molecule has 0 aromatic heterocycles. The first-order chi connectivity index (χ1) is 7.15. The van der Waals surface area contributed by atoms with E-state index in [1.165, 1.54) is 11.8 Å². The number of aliphatic carboxylic acids is 1. The van der Waals surface area contributed by atoms with E-state index in [-0.39, 0.29) is 11.7 Å². The molecule has 0 spiro atoms. The second-order valence-corrected chi connectivity index (χ2v) is 4.30. The molecule has 0 aromatic rings. The molecule has 1 saturated heterocycles. The second-order valence-electron chi connectivity index (χ2n) is 3.31. The zero-order valence-electron chi connectivity index (χ0n) is 8.18. The van der Waals surface area contributed by atoms with E-state index >= 15 is 0 Å². The van der Waals surface area contributed by atoms with Gasteiger partial charge < -0.3 is 10.0 Å². The molecule has 6 heteroatoms. The van der Waals surface area contributed by atoms with E-state index in [1.807, 2.05) is 6.07 Å². The number of nitriles is 1. The van der Waals surface area contributed by atoms with E-state index in [9.17, 15) is 9.59 Å². The highest BCUT2D eigenvalue weighted by atomic mass is 32.2. The normalized spacial score (nSPS) is 19.9. The average Bonchev–Trinajstić information content (AvgIpc) is 2.66. The van der Waals surface area contributed by atoms with Gasteiger partial charge in [0.05, 0.1) is 23.5 Å². The number of hydrogen-bond acceptors (Lipinski definition) is 4. The topological polar surface area (TPSA) is 81.4 Å². The number of carbonyl (C=O) groups is 2. The molecular weight excluding hydrogens is 216 g/mol. The molecular formula is C9H12N2O3S. The monoisotopic (exact) mass is 228 g/mol. The quantitative estimate of drug-likeness (QED) is 0.694. The molecule has 1 fully saturated rings. The molecule has 0 saturated carbocycles. The fourth-order valence-electron chi connectivity index (χ4n) is 1.46. The summed E-state index contributed by atoms with van der Waals surface area (Å²) in [6.45, 7) is 0.824. The Morgan fingerprint density at radius 3 is 2.87 bits per heavy atom. The van der Waals surface area contributed by atoms with Crippen molar-refractivity contribution in [3.63, 3.8) is 0 Å². The van der Waals surface area contributed by atoms with Gasteiger partial charge >= 0.3 is 5.97 Å². The van der Waals surface area contributed by atoms with Crippen molar-refractivity contribution in [1.29, 1.82) is 5.26 Å². The summed E-state index contributed by atoms with van der Waals surface area (Å²) >= 11 is 1.26. The minimum atomic E-state index is -0.838. The highest BCUT2D eigenvalue weighted by molar-refractivity contribution is 8.00. The third-order valence-corrected chi connectivity index (χ3v) is 3.07. The SMILES string of the molecule is N#CCSCC(=O)N1CCC(C(=O)O)C1. The summed E-state index contributed by atoms with van der Waals surface area (Å²) in [5.74, 6) is -0.772. The number of likely N-dealkylation sites (tertiary alicyclic amines) is 1. The number of carbonyl (C=O) groups excluding carboxylic acids is 1. The van der Waals surface area contributed by atoms with Gasteiger partial charge in [-0.3, -0.25) is 9.59 Å². The first-order valence-electron chi connectivity index (χ1n) is 4.60. The number of carboxylic acid groups (broad SMARTS) is 1. The largest absolute Gasteiger partial charge is 0.481 e. The molecule has 1 aliphatic rings. The molecule has 5 nitrogen and oxygen atoms in total. The van der Waals surface area contributed by atoms with Crippen molar-refractivity contribution >= 4 is 23.6 Å². The maximum atomic E-state index is 11.5. The van der Waals surface area contributed by atoms with Crippen LogP contribution in [0.2, 0.25) is 0 Å². The van der Waals surface area contributed by atoms with Crippen molar-refractivity contribution in [2.75, 3.05) is 24.6 Å². The molecule has 82 valence electrons. The van der Waals surface area contributed by atoms with Crippen molar-refractivity contribution in [3.8, 4) is 6.07 Å². The Labute approximate surface area is 92.0 Å². The van der Waals surface area contributed by atoms with Crippen LogP contribution in [0, 0.1) is 17.2 Å². The zero-order valence-corrected chi connectivity index (χ0v) is 9.00. The van der Waals surface area contributed by atoms with Gasteiger partial charge in [0.25, 0.3) is 0 Å². The molecule has 1 rings (SSSR count). The Morgan fingerprint density at radius 2 is 2.33 bits per heavy atom. The third-order valence-electron chi connectivity index (χ3n) is 2.28. The van der Waals surface area contributed by atoms with Crippen molar-refractivity contribution in [2.45, 2.75) is 6.42 Å². The van der Waals surface area contributed by atoms with Crippen LogP contribution in [-0.2, 0) is 9.59 Å². The maximum Gasteiger partial charge on any atom is 0.308 e. The third kappa shape index (κ3) is 3.44. The van der Waals surface area contributed by atoms with Gasteiger partial charge in [-0.2, -0.15) is 5.26 Å². The predicted octanol–water partition coefficient (Wildman–Crippen LogP) is 0.176. The molecule has 1 heterocycles. The van der Waals surface area contributed by atoms with E-state index in [0.29, 0.717) is 25.3 Å². The summed E-state index contributed by atoms with van der Waals surface area (Å²) in [5.41, 5.74) is 0. The van der Waals surface area contributed by atoms with Gasteiger partial charge in [0.1, 0.15) is 0 Å². The number of nitrogens with zero attached hydrogens (tertiary/aromatic N) is 2. The van der Waals surface area contributed by atoms with Crippen LogP contribution >= 0.6 is 11.8 Å². The van der Waals surface area contributed by atoms with E-state index in [4.69, 9.17) is 10.4 Å². The highest BCUT2D eigenvalue weighted by Crippen LogP contribution is 2.17. The Hall–Kier alpha value is -1.22. The lowest BCUT2D eigenvalue weighted by atomic mass is 10.1. The van der Waals surface area contributed by atoms with Crippen LogP contribution in [-0.4, -0.2) is 46.5 Å². The summed E-state index contributed by atoms with van der Waals surface area (Å²) in [6, 6.07) is 1.94.